The molecule has 172 valence electrons. The Morgan fingerprint density at radius 1 is 0.719 bits per heavy atom. The van der Waals surface area contributed by atoms with Crippen molar-refractivity contribution in [1.82, 2.24) is 10.6 Å². The molecule has 0 unspecified atom stereocenters. The smallest absolute Gasteiger partial charge is 0.261 e. The zero-order chi connectivity index (χ0) is 22.8. The van der Waals surface area contributed by atoms with E-state index in [4.69, 9.17) is 9.47 Å². The minimum atomic E-state index is -0.504. The predicted octanol–water partition coefficient (Wildman–Crippen LogP) is 4.25. The lowest BCUT2D eigenvalue weighted by Crippen LogP contribution is -2.49. The van der Waals surface area contributed by atoms with Gasteiger partial charge in [-0.25, -0.2) is 0 Å². The standard InChI is InChI=1S/C26H34N2O4/c1-3-23(31-21-11-7-5-8-12-21)25(29)27-19-15-17-20(18-16-19)28-26(30)24(4-2)32-22-13-9-6-10-14-22/h5-14,19-20,23-24H,3-4,15-18H2,1-2H3,(H,27,29)(H,28,30)/t19?,20?,23-,24+. The van der Waals surface area contributed by atoms with Crippen LogP contribution in [0.1, 0.15) is 52.4 Å². The molecular formula is C26H34N2O4. The molecule has 0 heterocycles. The first-order chi connectivity index (χ1) is 15.6. The van der Waals surface area contributed by atoms with Crippen LogP contribution in [0.25, 0.3) is 0 Å². The van der Waals surface area contributed by atoms with Gasteiger partial charge in [-0.05, 0) is 62.8 Å². The molecule has 1 saturated carbocycles. The van der Waals surface area contributed by atoms with Gasteiger partial charge in [-0.2, -0.15) is 0 Å². The number of rotatable bonds is 10. The molecule has 6 nitrogen and oxygen atoms in total. The summed E-state index contributed by atoms with van der Waals surface area (Å²) >= 11 is 0. The number of benzene rings is 2. The average molecular weight is 439 g/mol. The summed E-state index contributed by atoms with van der Waals surface area (Å²) in [6.45, 7) is 3.89. The quantitative estimate of drug-likeness (QED) is 0.582. The van der Waals surface area contributed by atoms with Crippen molar-refractivity contribution >= 4 is 11.8 Å². The van der Waals surface area contributed by atoms with Crippen LogP contribution in [0.15, 0.2) is 60.7 Å². The topological polar surface area (TPSA) is 76.7 Å². The maximum absolute atomic E-state index is 12.7. The van der Waals surface area contributed by atoms with Gasteiger partial charge in [-0.1, -0.05) is 50.2 Å². The van der Waals surface area contributed by atoms with Crippen LogP contribution in [0, 0.1) is 0 Å². The van der Waals surface area contributed by atoms with Gasteiger partial charge in [-0.3, -0.25) is 9.59 Å². The van der Waals surface area contributed by atoms with Gasteiger partial charge in [0, 0.05) is 12.1 Å². The highest BCUT2D eigenvalue weighted by atomic mass is 16.5. The third-order valence-electron chi connectivity index (χ3n) is 5.79. The lowest BCUT2D eigenvalue weighted by Gasteiger charge is -2.31. The summed E-state index contributed by atoms with van der Waals surface area (Å²) in [5.41, 5.74) is 0. The van der Waals surface area contributed by atoms with Crippen LogP contribution >= 0.6 is 0 Å². The molecule has 6 heteroatoms. The number of carbonyl (C=O) groups is 2. The summed E-state index contributed by atoms with van der Waals surface area (Å²) in [5.74, 6) is 1.24. The number of hydrogen-bond acceptors (Lipinski definition) is 4. The molecular weight excluding hydrogens is 404 g/mol. The number of para-hydroxylation sites is 2. The lowest BCUT2D eigenvalue weighted by atomic mass is 9.90. The molecule has 1 aliphatic carbocycles. The highest BCUT2D eigenvalue weighted by molar-refractivity contribution is 5.82. The van der Waals surface area contributed by atoms with E-state index in [1.165, 1.54) is 0 Å². The van der Waals surface area contributed by atoms with Crippen molar-refractivity contribution < 1.29 is 19.1 Å². The molecule has 2 atom stereocenters. The second kappa shape index (κ2) is 12.1. The fourth-order valence-corrected chi connectivity index (χ4v) is 3.94. The van der Waals surface area contributed by atoms with Crippen LogP contribution in [0.3, 0.4) is 0 Å². The van der Waals surface area contributed by atoms with Crippen molar-refractivity contribution in [3.8, 4) is 11.5 Å². The summed E-state index contributed by atoms with van der Waals surface area (Å²) in [7, 11) is 0. The third kappa shape index (κ3) is 7.01. The number of hydrogen-bond donors (Lipinski definition) is 2. The van der Waals surface area contributed by atoms with Crippen LogP contribution in [-0.2, 0) is 9.59 Å². The van der Waals surface area contributed by atoms with E-state index < -0.39 is 12.2 Å². The van der Waals surface area contributed by atoms with E-state index in [-0.39, 0.29) is 23.9 Å². The van der Waals surface area contributed by atoms with Gasteiger partial charge >= 0.3 is 0 Å². The monoisotopic (exact) mass is 438 g/mol. The van der Waals surface area contributed by atoms with E-state index in [2.05, 4.69) is 10.6 Å². The van der Waals surface area contributed by atoms with Gasteiger partial charge < -0.3 is 20.1 Å². The van der Waals surface area contributed by atoms with E-state index in [1.54, 1.807) is 0 Å². The normalized spacial score (nSPS) is 19.9. The first-order valence-corrected chi connectivity index (χ1v) is 11.6. The van der Waals surface area contributed by atoms with Crippen molar-refractivity contribution in [3.63, 3.8) is 0 Å². The van der Waals surface area contributed by atoms with Gasteiger partial charge in [0.2, 0.25) is 0 Å². The molecule has 1 aliphatic rings. The molecule has 0 radical (unpaired) electrons. The maximum atomic E-state index is 12.7. The van der Waals surface area contributed by atoms with E-state index in [1.807, 2.05) is 74.5 Å². The van der Waals surface area contributed by atoms with Crippen molar-refractivity contribution in [1.29, 1.82) is 0 Å². The Kier molecular flexibility index (Phi) is 8.96. The molecule has 2 aromatic carbocycles. The molecule has 0 saturated heterocycles. The van der Waals surface area contributed by atoms with Gasteiger partial charge in [-0.15, -0.1) is 0 Å². The maximum Gasteiger partial charge on any atom is 0.261 e. The van der Waals surface area contributed by atoms with E-state index in [0.29, 0.717) is 24.3 Å². The summed E-state index contributed by atoms with van der Waals surface area (Å²) < 4.78 is 11.7. The summed E-state index contributed by atoms with van der Waals surface area (Å²) in [4.78, 5) is 25.4. The Balaban J connectivity index is 1.43. The summed E-state index contributed by atoms with van der Waals surface area (Å²) in [5, 5.41) is 6.26. The number of carbonyl (C=O) groups excluding carboxylic acids is 2. The zero-order valence-electron chi connectivity index (χ0n) is 19.0. The molecule has 0 aromatic heterocycles. The molecule has 3 rings (SSSR count). The van der Waals surface area contributed by atoms with Crippen molar-refractivity contribution in [3.05, 3.63) is 60.7 Å². The Labute approximate surface area is 190 Å². The molecule has 1 fully saturated rings. The van der Waals surface area contributed by atoms with Crippen molar-refractivity contribution in [2.24, 2.45) is 0 Å². The zero-order valence-corrected chi connectivity index (χ0v) is 19.0. The first-order valence-electron chi connectivity index (χ1n) is 11.6. The lowest BCUT2D eigenvalue weighted by molar-refractivity contribution is -0.130. The number of ether oxygens (including phenoxy) is 2. The van der Waals surface area contributed by atoms with Gasteiger partial charge in [0.1, 0.15) is 11.5 Å². The Hall–Kier alpha value is -3.02. The molecule has 0 aliphatic heterocycles. The molecule has 2 N–H and O–H groups in total. The fraction of sp³-hybridized carbons (Fsp3) is 0.462. The first kappa shape index (κ1) is 23.6. The van der Waals surface area contributed by atoms with Gasteiger partial charge in [0.15, 0.2) is 12.2 Å². The van der Waals surface area contributed by atoms with E-state index in [9.17, 15) is 9.59 Å². The molecule has 0 spiro atoms. The Morgan fingerprint density at radius 3 is 1.38 bits per heavy atom. The average Bonchev–Trinajstić information content (AvgIpc) is 2.83. The highest BCUT2D eigenvalue weighted by Gasteiger charge is 2.28. The van der Waals surface area contributed by atoms with Gasteiger partial charge in [0.25, 0.3) is 11.8 Å². The Morgan fingerprint density at radius 2 is 1.06 bits per heavy atom. The summed E-state index contributed by atoms with van der Waals surface area (Å²) in [6.07, 6.45) is 3.51. The SMILES string of the molecule is CC[C@H](Oc1ccccc1)C(=O)NC1CCC(NC(=O)[C@@H](CC)Oc2ccccc2)CC1. The van der Waals surface area contributed by atoms with Crippen LogP contribution in [-0.4, -0.2) is 36.1 Å². The van der Waals surface area contributed by atoms with E-state index in [0.717, 1.165) is 25.7 Å². The molecule has 2 amide bonds. The third-order valence-corrected chi connectivity index (χ3v) is 5.79. The van der Waals surface area contributed by atoms with Crippen molar-refractivity contribution in [2.45, 2.75) is 76.7 Å². The van der Waals surface area contributed by atoms with Crippen LogP contribution in [0.4, 0.5) is 0 Å². The number of amides is 2. The minimum Gasteiger partial charge on any atom is -0.481 e. The highest BCUT2D eigenvalue weighted by Crippen LogP contribution is 2.21. The Bertz CT molecular complexity index is 764. The largest absolute Gasteiger partial charge is 0.481 e. The predicted molar refractivity (Wildman–Crippen MR) is 125 cm³/mol. The van der Waals surface area contributed by atoms with Crippen molar-refractivity contribution in [2.75, 3.05) is 0 Å². The number of nitrogens with one attached hydrogen (secondary N) is 2. The molecule has 32 heavy (non-hydrogen) atoms. The fourth-order valence-electron chi connectivity index (χ4n) is 3.94. The van der Waals surface area contributed by atoms with Crippen LogP contribution in [0.5, 0.6) is 11.5 Å². The molecule has 0 bridgehead atoms. The second-order valence-corrected chi connectivity index (χ2v) is 8.22. The van der Waals surface area contributed by atoms with Gasteiger partial charge in [0.05, 0.1) is 0 Å². The minimum absolute atomic E-state index is 0.0776. The second-order valence-electron chi connectivity index (χ2n) is 8.22. The van der Waals surface area contributed by atoms with Crippen LogP contribution < -0.4 is 20.1 Å². The van der Waals surface area contributed by atoms with Crippen LogP contribution in [0.2, 0.25) is 0 Å². The van der Waals surface area contributed by atoms with E-state index >= 15 is 0 Å². The summed E-state index contributed by atoms with van der Waals surface area (Å²) in [6, 6.07) is 19.0. The molecule has 2 aromatic rings.